The van der Waals surface area contributed by atoms with E-state index in [0.717, 1.165) is 12.8 Å². The summed E-state index contributed by atoms with van der Waals surface area (Å²) in [4.78, 5) is 0. The number of hydrogen-bond acceptors (Lipinski definition) is 3. The summed E-state index contributed by atoms with van der Waals surface area (Å²) >= 11 is 0. The molecular weight excluding hydrogens is 238 g/mol. The predicted molar refractivity (Wildman–Crippen MR) is 77.0 cm³/mol. The van der Waals surface area contributed by atoms with Crippen LogP contribution >= 0.6 is 0 Å². The molecule has 4 heteroatoms. The maximum atomic E-state index is 6.00. The zero-order chi connectivity index (χ0) is 14.1. The first kappa shape index (κ1) is 14.5. The van der Waals surface area contributed by atoms with Crippen LogP contribution in [0.1, 0.15) is 51.3 Å². The fourth-order valence-electron chi connectivity index (χ4n) is 3.31. The lowest BCUT2D eigenvalue weighted by Crippen LogP contribution is -2.48. The van der Waals surface area contributed by atoms with Gasteiger partial charge in [0.2, 0.25) is 0 Å². The third-order valence-corrected chi connectivity index (χ3v) is 4.83. The first-order valence-corrected chi connectivity index (χ1v) is 7.14. The Morgan fingerprint density at radius 3 is 2.37 bits per heavy atom. The summed E-state index contributed by atoms with van der Waals surface area (Å²) < 4.78 is 7.95. The van der Waals surface area contributed by atoms with Gasteiger partial charge in [-0.1, -0.05) is 13.8 Å². The number of nitrogens with zero attached hydrogens (tertiary/aromatic N) is 2. The summed E-state index contributed by atoms with van der Waals surface area (Å²) in [7, 11) is 5.85. The molecule has 1 aromatic rings. The zero-order valence-corrected chi connectivity index (χ0v) is 12.9. The molecule has 1 fully saturated rings. The van der Waals surface area contributed by atoms with E-state index in [-0.39, 0.29) is 11.6 Å². The summed E-state index contributed by atoms with van der Waals surface area (Å²) in [5, 5.41) is 7.74. The van der Waals surface area contributed by atoms with Gasteiger partial charge in [-0.2, -0.15) is 5.10 Å². The lowest BCUT2D eigenvalue weighted by Gasteiger charge is -2.46. The highest BCUT2D eigenvalue weighted by molar-refractivity contribution is 5.14. The molecule has 0 aromatic carbocycles. The van der Waals surface area contributed by atoms with Crippen molar-refractivity contribution in [1.82, 2.24) is 15.1 Å². The van der Waals surface area contributed by atoms with E-state index in [9.17, 15) is 0 Å². The van der Waals surface area contributed by atoms with Crippen molar-refractivity contribution in [2.24, 2.45) is 12.5 Å². The van der Waals surface area contributed by atoms with Gasteiger partial charge in [-0.3, -0.25) is 4.68 Å². The minimum atomic E-state index is -0.113. The number of rotatable bonds is 4. The highest BCUT2D eigenvalue weighted by Gasteiger charge is 2.45. The fourth-order valence-corrected chi connectivity index (χ4v) is 3.31. The molecule has 1 atom stereocenters. The second-order valence-electron chi connectivity index (χ2n) is 6.53. The van der Waals surface area contributed by atoms with E-state index in [2.05, 4.69) is 30.3 Å². The summed E-state index contributed by atoms with van der Waals surface area (Å²) in [6.45, 7) is 4.70. The molecule has 4 nitrogen and oxygen atoms in total. The monoisotopic (exact) mass is 265 g/mol. The molecule has 1 saturated carbocycles. The smallest absolute Gasteiger partial charge is 0.0888 e. The lowest BCUT2D eigenvalue weighted by atomic mass is 9.68. The van der Waals surface area contributed by atoms with Crippen molar-refractivity contribution in [2.75, 3.05) is 14.2 Å². The van der Waals surface area contributed by atoms with Crippen molar-refractivity contribution in [3.05, 3.63) is 18.0 Å². The van der Waals surface area contributed by atoms with Crippen LogP contribution < -0.4 is 5.32 Å². The van der Waals surface area contributed by atoms with Crippen LogP contribution in [0.25, 0.3) is 0 Å². The Morgan fingerprint density at radius 2 is 1.95 bits per heavy atom. The second-order valence-corrected chi connectivity index (χ2v) is 6.53. The quantitative estimate of drug-likeness (QED) is 0.909. The largest absolute Gasteiger partial charge is 0.376 e. The number of aromatic nitrogens is 2. The highest BCUT2D eigenvalue weighted by atomic mass is 16.5. The number of aryl methyl sites for hydroxylation is 1. The molecule has 2 rings (SSSR count). The minimum Gasteiger partial charge on any atom is -0.376 e. The summed E-state index contributed by atoms with van der Waals surface area (Å²) in [5.41, 5.74) is 1.52. The number of likely N-dealkylation sites (N-methyl/N-ethyl adjacent to an activating group) is 1. The topological polar surface area (TPSA) is 39.1 Å². The molecule has 1 aliphatic rings. The van der Waals surface area contributed by atoms with Gasteiger partial charge in [0, 0.05) is 20.4 Å². The van der Waals surface area contributed by atoms with Crippen molar-refractivity contribution < 1.29 is 4.74 Å². The Morgan fingerprint density at radius 1 is 1.32 bits per heavy atom. The standard InChI is InChI=1S/C15H27N3O/c1-14(2)7-9-15(19-5,10-8-14)13(16-3)12-6-11-17-18(12)4/h6,11,13,16H,7-10H2,1-5H3. The first-order valence-electron chi connectivity index (χ1n) is 7.14. The lowest BCUT2D eigenvalue weighted by molar-refractivity contribution is -0.0877. The molecule has 1 N–H and O–H groups in total. The van der Waals surface area contributed by atoms with Gasteiger partial charge in [-0.25, -0.2) is 0 Å². The van der Waals surface area contributed by atoms with Gasteiger partial charge >= 0.3 is 0 Å². The molecule has 108 valence electrons. The van der Waals surface area contributed by atoms with E-state index < -0.39 is 0 Å². The van der Waals surface area contributed by atoms with Crippen molar-refractivity contribution in [1.29, 1.82) is 0 Å². The van der Waals surface area contributed by atoms with Crippen LogP contribution in [0.15, 0.2) is 12.3 Å². The van der Waals surface area contributed by atoms with Crippen molar-refractivity contribution in [3.63, 3.8) is 0 Å². The van der Waals surface area contributed by atoms with Gasteiger partial charge < -0.3 is 10.1 Å². The van der Waals surface area contributed by atoms with Gasteiger partial charge in [0.05, 0.1) is 17.3 Å². The molecule has 19 heavy (non-hydrogen) atoms. The van der Waals surface area contributed by atoms with Crippen LogP contribution in [-0.4, -0.2) is 29.5 Å². The van der Waals surface area contributed by atoms with E-state index in [1.807, 2.05) is 32.1 Å². The van der Waals surface area contributed by atoms with Crippen LogP contribution in [0, 0.1) is 5.41 Å². The van der Waals surface area contributed by atoms with Gasteiger partial charge in [-0.15, -0.1) is 0 Å². The van der Waals surface area contributed by atoms with Gasteiger partial charge in [0.25, 0.3) is 0 Å². The molecule has 0 aliphatic heterocycles. The molecule has 1 aromatic heterocycles. The Kier molecular flexibility index (Phi) is 4.02. The normalized spacial score (nSPS) is 23.2. The van der Waals surface area contributed by atoms with Gasteiger partial charge in [-0.05, 0) is 44.2 Å². The zero-order valence-electron chi connectivity index (χ0n) is 12.9. The molecular formula is C15H27N3O. The van der Waals surface area contributed by atoms with E-state index in [1.54, 1.807) is 0 Å². The average Bonchev–Trinajstić information content (AvgIpc) is 2.79. The molecule has 1 heterocycles. The summed E-state index contributed by atoms with van der Waals surface area (Å²) in [6, 6.07) is 2.28. The molecule has 1 aliphatic carbocycles. The van der Waals surface area contributed by atoms with Crippen LogP contribution in [0.4, 0.5) is 0 Å². The fraction of sp³-hybridized carbons (Fsp3) is 0.800. The Hall–Kier alpha value is -0.870. The van der Waals surface area contributed by atoms with Gasteiger partial charge in [0.15, 0.2) is 0 Å². The Labute approximate surface area is 116 Å². The number of hydrogen-bond donors (Lipinski definition) is 1. The maximum absolute atomic E-state index is 6.00. The van der Waals surface area contributed by atoms with Crippen molar-refractivity contribution in [2.45, 2.75) is 51.2 Å². The molecule has 0 amide bonds. The first-order chi connectivity index (χ1) is 8.94. The molecule has 0 saturated heterocycles. The SMILES string of the molecule is CNC(c1ccnn1C)C1(OC)CCC(C)(C)CC1. The maximum Gasteiger partial charge on any atom is 0.0888 e. The molecule has 0 spiro atoms. The van der Waals surface area contributed by atoms with E-state index in [0.29, 0.717) is 5.41 Å². The van der Waals surface area contributed by atoms with Crippen molar-refractivity contribution >= 4 is 0 Å². The van der Waals surface area contributed by atoms with Crippen LogP contribution in [-0.2, 0) is 11.8 Å². The van der Waals surface area contributed by atoms with Crippen LogP contribution in [0.2, 0.25) is 0 Å². The number of nitrogens with one attached hydrogen (secondary N) is 1. The molecule has 0 bridgehead atoms. The third kappa shape index (κ3) is 2.70. The van der Waals surface area contributed by atoms with Crippen LogP contribution in [0.5, 0.6) is 0 Å². The van der Waals surface area contributed by atoms with E-state index in [1.165, 1.54) is 18.5 Å². The minimum absolute atomic E-state index is 0.113. The van der Waals surface area contributed by atoms with Crippen molar-refractivity contribution in [3.8, 4) is 0 Å². The highest BCUT2D eigenvalue weighted by Crippen LogP contribution is 2.47. The number of methoxy groups -OCH3 is 1. The molecule has 0 radical (unpaired) electrons. The second kappa shape index (κ2) is 5.25. The van der Waals surface area contributed by atoms with E-state index in [4.69, 9.17) is 4.74 Å². The third-order valence-electron chi connectivity index (χ3n) is 4.83. The predicted octanol–water partition coefficient (Wildman–Crippen LogP) is 2.67. The molecule has 1 unspecified atom stereocenters. The number of ether oxygens (including phenoxy) is 1. The summed E-state index contributed by atoms with van der Waals surface area (Å²) in [5.74, 6) is 0. The average molecular weight is 265 g/mol. The van der Waals surface area contributed by atoms with Gasteiger partial charge in [0.1, 0.15) is 0 Å². The Balaban J connectivity index is 2.27. The van der Waals surface area contributed by atoms with Crippen LogP contribution in [0.3, 0.4) is 0 Å². The van der Waals surface area contributed by atoms with E-state index >= 15 is 0 Å². The Bertz CT molecular complexity index is 415. The summed E-state index contributed by atoms with van der Waals surface area (Å²) in [6.07, 6.45) is 6.45.